The molecule has 3 rings (SSSR count). The van der Waals surface area contributed by atoms with E-state index in [2.05, 4.69) is 34.3 Å². The van der Waals surface area contributed by atoms with Crippen LogP contribution in [0.4, 0.5) is 0 Å². The van der Waals surface area contributed by atoms with Crippen LogP contribution < -0.4 is 0 Å². The lowest BCUT2D eigenvalue weighted by atomic mass is 9.52. The maximum absolute atomic E-state index is 10.5. The van der Waals surface area contributed by atoms with E-state index in [0.717, 1.165) is 44.1 Å². The molecule has 2 fully saturated rings. The average Bonchev–Trinajstić information content (AvgIpc) is 2.44. The molecular formula is C20H32O2. The molecule has 124 valence electrons. The Hall–Kier alpha value is -0.600. The fourth-order valence-electron chi connectivity index (χ4n) is 5.54. The molecule has 0 aromatic heterocycles. The zero-order valence-corrected chi connectivity index (χ0v) is 14.7. The maximum Gasteiger partial charge on any atom is 0.0753 e. The van der Waals surface area contributed by atoms with Crippen molar-refractivity contribution in [2.75, 3.05) is 0 Å². The van der Waals surface area contributed by atoms with Gasteiger partial charge in [0.15, 0.2) is 0 Å². The average molecular weight is 304 g/mol. The number of aliphatic hydroxyl groups excluding tert-OH is 2. The number of hydrogen-bond donors (Lipinski definition) is 2. The van der Waals surface area contributed by atoms with E-state index in [1.807, 2.05) is 0 Å². The number of rotatable bonds is 0. The zero-order chi connectivity index (χ0) is 16.3. The second-order valence-corrected chi connectivity index (χ2v) is 8.90. The monoisotopic (exact) mass is 304 g/mol. The molecule has 2 N–H and O–H groups in total. The predicted molar refractivity (Wildman–Crippen MR) is 90.4 cm³/mol. The molecule has 3 aliphatic carbocycles. The summed E-state index contributed by atoms with van der Waals surface area (Å²) in [5, 5.41) is 20.8. The van der Waals surface area contributed by atoms with Gasteiger partial charge in [-0.3, -0.25) is 0 Å². The fourth-order valence-corrected chi connectivity index (χ4v) is 5.54. The number of hydrogen-bond acceptors (Lipinski definition) is 2. The van der Waals surface area contributed by atoms with Crippen molar-refractivity contribution in [2.24, 2.45) is 22.7 Å². The van der Waals surface area contributed by atoms with E-state index in [-0.39, 0.29) is 23.0 Å². The van der Waals surface area contributed by atoms with Crippen LogP contribution in [0.15, 0.2) is 23.3 Å². The maximum atomic E-state index is 10.5. The molecule has 5 atom stereocenters. The van der Waals surface area contributed by atoms with Gasteiger partial charge in [0.1, 0.15) is 0 Å². The number of allylic oxidation sites excluding steroid dienone is 1. The highest BCUT2D eigenvalue weighted by molar-refractivity contribution is 5.30. The molecule has 0 unspecified atom stereocenters. The SMILES string of the molecule is C=C1[C@H]2C[C@@H]3C[C@H](O)C(C)=C(CC[C@]2(C)CC[C@@H]1O)C3(C)C. The molecule has 0 radical (unpaired) electrons. The third-order valence-corrected chi connectivity index (χ3v) is 7.45. The molecule has 2 heteroatoms. The van der Waals surface area contributed by atoms with E-state index in [1.54, 1.807) is 0 Å². The summed E-state index contributed by atoms with van der Waals surface area (Å²) in [5.74, 6) is 0.876. The van der Waals surface area contributed by atoms with Crippen molar-refractivity contribution in [3.63, 3.8) is 0 Å². The highest BCUT2D eigenvalue weighted by Crippen LogP contribution is 2.58. The lowest BCUT2D eigenvalue weighted by Crippen LogP contribution is -2.46. The largest absolute Gasteiger partial charge is 0.389 e. The summed E-state index contributed by atoms with van der Waals surface area (Å²) in [4.78, 5) is 0. The summed E-state index contributed by atoms with van der Waals surface area (Å²) in [5.41, 5.74) is 4.19. The summed E-state index contributed by atoms with van der Waals surface area (Å²) in [6, 6.07) is 0. The van der Waals surface area contributed by atoms with Gasteiger partial charge in [0.2, 0.25) is 0 Å². The van der Waals surface area contributed by atoms with Crippen LogP contribution in [0.3, 0.4) is 0 Å². The van der Waals surface area contributed by atoms with Gasteiger partial charge in [-0.25, -0.2) is 0 Å². The highest BCUT2D eigenvalue weighted by atomic mass is 16.3. The van der Waals surface area contributed by atoms with E-state index in [0.29, 0.717) is 11.8 Å². The Morgan fingerprint density at radius 3 is 2.41 bits per heavy atom. The van der Waals surface area contributed by atoms with Crippen LogP contribution in [-0.4, -0.2) is 22.4 Å². The van der Waals surface area contributed by atoms with Gasteiger partial charge in [-0.1, -0.05) is 32.9 Å². The van der Waals surface area contributed by atoms with Gasteiger partial charge >= 0.3 is 0 Å². The van der Waals surface area contributed by atoms with Crippen molar-refractivity contribution in [1.29, 1.82) is 0 Å². The normalized spacial score (nSPS) is 45.1. The first-order chi connectivity index (χ1) is 10.2. The Morgan fingerprint density at radius 1 is 1.05 bits per heavy atom. The minimum Gasteiger partial charge on any atom is -0.389 e. The quantitative estimate of drug-likeness (QED) is 0.658. The molecule has 22 heavy (non-hydrogen) atoms. The van der Waals surface area contributed by atoms with Crippen molar-refractivity contribution in [3.8, 4) is 0 Å². The van der Waals surface area contributed by atoms with Crippen molar-refractivity contribution < 1.29 is 10.2 Å². The lowest BCUT2D eigenvalue weighted by Gasteiger charge is -2.53. The van der Waals surface area contributed by atoms with Gasteiger partial charge in [-0.05, 0) is 79.3 Å². The Balaban J connectivity index is 2.02. The minimum atomic E-state index is -0.328. The summed E-state index contributed by atoms with van der Waals surface area (Å²) < 4.78 is 0. The molecule has 0 saturated heterocycles. The minimum absolute atomic E-state index is 0.160. The van der Waals surface area contributed by atoms with Crippen molar-refractivity contribution in [1.82, 2.24) is 0 Å². The van der Waals surface area contributed by atoms with E-state index >= 15 is 0 Å². The summed E-state index contributed by atoms with van der Waals surface area (Å²) in [6.45, 7) is 13.5. The van der Waals surface area contributed by atoms with E-state index in [1.165, 1.54) is 11.1 Å². The molecule has 0 heterocycles. The Bertz CT molecular complexity index is 516. The van der Waals surface area contributed by atoms with Crippen LogP contribution in [0, 0.1) is 22.7 Å². The van der Waals surface area contributed by atoms with Crippen LogP contribution in [-0.2, 0) is 0 Å². The fraction of sp³-hybridized carbons (Fsp3) is 0.800. The van der Waals surface area contributed by atoms with Gasteiger partial charge < -0.3 is 10.2 Å². The van der Waals surface area contributed by atoms with Crippen LogP contribution in [0.5, 0.6) is 0 Å². The Morgan fingerprint density at radius 2 is 1.73 bits per heavy atom. The lowest BCUT2D eigenvalue weighted by molar-refractivity contribution is 0.0138. The molecule has 0 spiro atoms. The van der Waals surface area contributed by atoms with Crippen LogP contribution in [0.2, 0.25) is 0 Å². The molecule has 3 aliphatic rings. The van der Waals surface area contributed by atoms with E-state index < -0.39 is 0 Å². The molecule has 0 aromatic rings. The van der Waals surface area contributed by atoms with Crippen molar-refractivity contribution >= 4 is 0 Å². The van der Waals surface area contributed by atoms with Crippen LogP contribution in [0.25, 0.3) is 0 Å². The van der Waals surface area contributed by atoms with Crippen LogP contribution >= 0.6 is 0 Å². The van der Waals surface area contributed by atoms with Crippen molar-refractivity contribution in [2.45, 2.75) is 78.4 Å². The van der Waals surface area contributed by atoms with Gasteiger partial charge in [-0.15, -0.1) is 0 Å². The van der Waals surface area contributed by atoms with E-state index in [9.17, 15) is 10.2 Å². The summed E-state index contributed by atoms with van der Waals surface area (Å²) in [6.07, 6.45) is 5.51. The first kappa shape index (κ1) is 16.3. The second kappa shape index (κ2) is 5.21. The number of aliphatic hydroxyl groups is 2. The zero-order valence-electron chi connectivity index (χ0n) is 14.7. The van der Waals surface area contributed by atoms with Crippen LogP contribution in [0.1, 0.15) is 66.2 Å². The van der Waals surface area contributed by atoms with Gasteiger partial charge in [-0.2, -0.15) is 0 Å². The van der Waals surface area contributed by atoms with Gasteiger partial charge in [0, 0.05) is 0 Å². The Kier molecular flexibility index (Phi) is 3.85. The molecule has 2 bridgehead atoms. The number of fused-ring (bicyclic) bond motifs is 3. The summed E-state index contributed by atoms with van der Waals surface area (Å²) in [7, 11) is 0. The molecule has 0 aliphatic heterocycles. The highest BCUT2D eigenvalue weighted by Gasteiger charge is 2.49. The van der Waals surface area contributed by atoms with Gasteiger partial charge in [0.05, 0.1) is 12.2 Å². The molecular weight excluding hydrogens is 272 g/mol. The molecule has 2 saturated carbocycles. The topological polar surface area (TPSA) is 40.5 Å². The molecule has 2 nitrogen and oxygen atoms in total. The smallest absolute Gasteiger partial charge is 0.0753 e. The first-order valence-corrected chi connectivity index (χ1v) is 8.92. The van der Waals surface area contributed by atoms with E-state index in [4.69, 9.17) is 0 Å². The van der Waals surface area contributed by atoms with Crippen molar-refractivity contribution in [3.05, 3.63) is 23.3 Å². The molecule has 0 aromatic carbocycles. The third-order valence-electron chi connectivity index (χ3n) is 7.45. The predicted octanol–water partition coefficient (Wildman–Crippen LogP) is 4.23. The molecule has 0 amide bonds. The third kappa shape index (κ3) is 2.30. The summed E-state index contributed by atoms with van der Waals surface area (Å²) >= 11 is 0. The Labute approximate surface area is 135 Å². The second-order valence-electron chi connectivity index (χ2n) is 8.90. The van der Waals surface area contributed by atoms with Gasteiger partial charge in [0.25, 0.3) is 0 Å². The first-order valence-electron chi connectivity index (χ1n) is 8.92. The standard InChI is InChI=1S/C20H32O2/c1-12-15-6-8-20(5)9-7-17(21)13(2)16(20)10-14(11-18(12)22)19(15,3)4/h14,16-18,21-22H,2,6-11H2,1,3-5H3/t14-,16-,17+,18+,20-/m1/s1.